The molecule has 5 nitrogen and oxygen atoms in total. The largest absolute Gasteiger partial charge is 0.383 e. The zero-order valence-electron chi connectivity index (χ0n) is 11.6. The first kappa shape index (κ1) is 13.5. The van der Waals surface area contributed by atoms with E-state index >= 15 is 0 Å². The maximum Gasteiger partial charge on any atom is 0.132 e. The van der Waals surface area contributed by atoms with E-state index in [1.165, 1.54) is 0 Å². The highest BCUT2D eigenvalue weighted by atomic mass is 15.1. The van der Waals surface area contributed by atoms with E-state index in [1.807, 2.05) is 24.7 Å². The second-order valence-electron chi connectivity index (χ2n) is 4.44. The SMILES string of the molecule is CCN(CC)CCn1cncc1-c1cccnc1N. The normalized spacial score (nSPS) is 11.1. The monoisotopic (exact) mass is 259 g/mol. The summed E-state index contributed by atoms with van der Waals surface area (Å²) in [6.07, 6.45) is 5.40. The number of pyridine rings is 1. The molecule has 0 unspecified atom stereocenters. The first-order valence-corrected chi connectivity index (χ1v) is 6.69. The molecule has 0 spiro atoms. The summed E-state index contributed by atoms with van der Waals surface area (Å²) in [7, 11) is 0. The second-order valence-corrected chi connectivity index (χ2v) is 4.44. The fourth-order valence-corrected chi connectivity index (χ4v) is 2.15. The Morgan fingerprint density at radius 2 is 2.11 bits per heavy atom. The molecule has 0 atom stereocenters. The predicted molar refractivity (Wildman–Crippen MR) is 77.7 cm³/mol. The third-order valence-corrected chi connectivity index (χ3v) is 3.38. The van der Waals surface area contributed by atoms with Crippen molar-refractivity contribution in [3.05, 3.63) is 30.9 Å². The summed E-state index contributed by atoms with van der Waals surface area (Å²) in [5, 5.41) is 0. The minimum atomic E-state index is 0.548. The van der Waals surface area contributed by atoms with Crippen molar-refractivity contribution in [2.75, 3.05) is 25.4 Å². The van der Waals surface area contributed by atoms with Gasteiger partial charge in [0.05, 0.1) is 18.2 Å². The number of likely N-dealkylation sites (N-methyl/N-ethyl adjacent to an activating group) is 1. The summed E-state index contributed by atoms with van der Waals surface area (Å²) in [4.78, 5) is 10.7. The number of nitrogens with two attached hydrogens (primary N) is 1. The Hall–Kier alpha value is -1.88. The van der Waals surface area contributed by atoms with Gasteiger partial charge in [-0.05, 0) is 25.2 Å². The van der Waals surface area contributed by atoms with Crippen molar-refractivity contribution in [3.63, 3.8) is 0 Å². The maximum absolute atomic E-state index is 5.93. The maximum atomic E-state index is 5.93. The first-order chi connectivity index (χ1) is 9.26. The third-order valence-electron chi connectivity index (χ3n) is 3.38. The number of hydrogen-bond acceptors (Lipinski definition) is 4. The Morgan fingerprint density at radius 1 is 1.32 bits per heavy atom. The third kappa shape index (κ3) is 3.12. The molecule has 0 saturated heterocycles. The van der Waals surface area contributed by atoms with Crippen molar-refractivity contribution in [1.29, 1.82) is 0 Å². The summed E-state index contributed by atoms with van der Waals surface area (Å²) in [5.74, 6) is 0.548. The fraction of sp³-hybridized carbons (Fsp3) is 0.429. The molecule has 2 aromatic heterocycles. The quantitative estimate of drug-likeness (QED) is 0.860. The molecule has 0 saturated carbocycles. The van der Waals surface area contributed by atoms with Gasteiger partial charge in [-0.15, -0.1) is 0 Å². The summed E-state index contributed by atoms with van der Waals surface area (Å²) >= 11 is 0. The van der Waals surface area contributed by atoms with Crippen molar-refractivity contribution in [3.8, 4) is 11.3 Å². The van der Waals surface area contributed by atoms with Crippen LogP contribution >= 0.6 is 0 Å². The van der Waals surface area contributed by atoms with Gasteiger partial charge in [0.15, 0.2) is 0 Å². The van der Waals surface area contributed by atoms with Gasteiger partial charge in [0, 0.05) is 24.8 Å². The van der Waals surface area contributed by atoms with E-state index in [1.54, 1.807) is 6.20 Å². The van der Waals surface area contributed by atoms with Crippen LogP contribution in [0.4, 0.5) is 5.82 Å². The van der Waals surface area contributed by atoms with E-state index < -0.39 is 0 Å². The highest BCUT2D eigenvalue weighted by molar-refractivity contribution is 5.70. The lowest BCUT2D eigenvalue weighted by Gasteiger charge is -2.19. The summed E-state index contributed by atoms with van der Waals surface area (Å²) in [6, 6.07) is 3.88. The molecule has 0 bridgehead atoms. The van der Waals surface area contributed by atoms with Crippen LogP contribution in [0.25, 0.3) is 11.3 Å². The van der Waals surface area contributed by atoms with Crippen LogP contribution in [0.1, 0.15) is 13.8 Å². The smallest absolute Gasteiger partial charge is 0.132 e. The van der Waals surface area contributed by atoms with E-state index in [-0.39, 0.29) is 0 Å². The predicted octanol–water partition coefficient (Wildman–Crippen LogP) is 1.87. The lowest BCUT2D eigenvalue weighted by atomic mass is 10.2. The van der Waals surface area contributed by atoms with Gasteiger partial charge in [-0.25, -0.2) is 9.97 Å². The molecule has 0 amide bonds. The Kier molecular flexibility index (Phi) is 4.52. The number of hydrogen-bond donors (Lipinski definition) is 1. The number of anilines is 1. The van der Waals surface area contributed by atoms with Crippen molar-refractivity contribution in [1.82, 2.24) is 19.4 Å². The molecular formula is C14H21N5. The van der Waals surface area contributed by atoms with Crippen molar-refractivity contribution < 1.29 is 0 Å². The van der Waals surface area contributed by atoms with Crippen LogP contribution in [0.5, 0.6) is 0 Å². The van der Waals surface area contributed by atoms with Crippen molar-refractivity contribution >= 4 is 5.82 Å². The molecule has 0 aliphatic heterocycles. The topological polar surface area (TPSA) is 60.0 Å². The average molecular weight is 259 g/mol. The zero-order chi connectivity index (χ0) is 13.7. The molecule has 2 aromatic rings. The Bertz CT molecular complexity index is 516. The molecule has 102 valence electrons. The average Bonchev–Trinajstić information content (AvgIpc) is 2.89. The molecule has 0 fully saturated rings. The number of rotatable bonds is 6. The molecule has 19 heavy (non-hydrogen) atoms. The number of nitrogens with zero attached hydrogens (tertiary/aromatic N) is 4. The molecule has 0 aliphatic carbocycles. The van der Waals surface area contributed by atoms with E-state index in [4.69, 9.17) is 5.73 Å². The Balaban J connectivity index is 2.16. The molecule has 0 aromatic carbocycles. The van der Waals surface area contributed by atoms with Crippen LogP contribution in [-0.4, -0.2) is 39.1 Å². The summed E-state index contributed by atoms with van der Waals surface area (Å²) in [5.41, 5.74) is 7.90. The van der Waals surface area contributed by atoms with Crippen LogP contribution in [0.15, 0.2) is 30.9 Å². The van der Waals surface area contributed by atoms with E-state index in [0.29, 0.717) is 5.82 Å². The first-order valence-electron chi connectivity index (χ1n) is 6.69. The van der Waals surface area contributed by atoms with Crippen molar-refractivity contribution in [2.24, 2.45) is 0 Å². The van der Waals surface area contributed by atoms with Crippen LogP contribution in [0.2, 0.25) is 0 Å². The number of aromatic nitrogens is 3. The van der Waals surface area contributed by atoms with E-state index in [9.17, 15) is 0 Å². The molecule has 2 heterocycles. The van der Waals surface area contributed by atoms with E-state index in [0.717, 1.165) is 37.4 Å². The van der Waals surface area contributed by atoms with Gasteiger partial charge in [-0.3, -0.25) is 0 Å². The van der Waals surface area contributed by atoms with Gasteiger partial charge in [-0.1, -0.05) is 13.8 Å². The summed E-state index contributed by atoms with van der Waals surface area (Å²) in [6.45, 7) is 8.40. The Morgan fingerprint density at radius 3 is 2.79 bits per heavy atom. The van der Waals surface area contributed by atoms with Gasteiger partial charge in [0.25, 0.3) is 0 Å². The summed E-state index contributed by atoms with van der Waals surface area (Å²) < 4.78 is 2.13. The van der Waals surface area contributed by atoms with Crippen LogP contribution < -0.4 is 5.73 Å². The van der Waals surface area contributed by atoms with Gasteiger partial charge in [0.2, 0.25) is 0 Å². The van der Waals surface area contributed by atoms with Gasteiger partial charge in [0.1, 0.15) is 5.82 Å². The second kappa shape index (κ2) is 6.33. The van der Waals surface area contributed by atoms with Crippen molar-refractivity contribution in [2.45, 2.75) is 20.4 Å². The van der Waals surface area contributed by atoms with Gasteiger partial charge < -0.3 is 15.2 Å². The standard InChI is InChI=1S/C14H21N5/c1-3-18(4-2)8-9-19-11-16-10-13(19)12-6-5-7-17-14(12)15/h5-7,10-11H,3-4,8-9H2,1-2H3,(H2,15,17). The van der Waals surface area contributed by atoms with E-state index in [2.05, 4.69) is 33.3 Å². The number of nitrogen functional groups attached to an aromatic ring is 1. The van der Waals surface area contributed by atoms with Crippen LogP contribution in [0.3, 0.4) is 0 Å². The highest BCUT2D eigenvalue weighted by Gasteiger charge is 2.09. The van der Waals surface area contributed by atoms with Crippen LogP contribution in [-0.2, 0) is 6.54 Å². The molecule has 2 N–H and O–H groups in total. The minimum absolute atomic E-state index is 0.548. The molecule has 5 heteroatoms. The van der Waals surface area contributed by atoms with Gasteiger partial charge >= 0.3 is 0 Å². The minimum Gasteiger partial charge on any atom is -0.383 e. The van der Waals surface area contributed by atoms with Crippen LogP contribution in [0, 0.1) is 0 Å². The van der Waals surface area contributed by atoms with Gasteiger partial charge in [-0.2, -0.15) is 0 Å². The molecule has 0 aliphatic rings. The highest BCUT2D eigenvalue weighted by Crippen LogP contribution is 2.23. The number of imidazole rings is 1. The fourth-order valence-electron chi connectivity index (χ4n) is 2.15. The zero-order valence-corrected chi connectivity index (χ0v) is 11.6. The molecular weight excluding hydrogens is 238 g/mol. The lowest BCUT2D eigenvalue weighted by Crippen LogP contribution is -2.27. The Labute approximate surface area is 114 Å². The molecule has 0 radical (unpaired) electrons. The lowest BCUT2D eigenvalue weighted by molar-refractivity contribution is 0.291. The molecule has 2 rings (SSSR count).